The van der Waals surface area contributed by atoms with Gasteiger partial charge in [0.25, 0.3) is 0 Å². The molecule has 2 aromatic rings. The topological polar surface area (TPSA) is 68.7 Å². The molecule has 1 aromatic carbocycles. The van der Waals surface area contributed by atoms with E-state index in [0.717, 1.165) is 18.4 Å². The van der Waals surface area contributed by atoms with Crippen molar-refractivity contribution in [2.24, 2.45) is 0 Å². The smallest absolute Gasteiger partial charge is 0.243 e. The van der Waals surface area contributed by atoms with E-state index in [0.29, 0.717) is 18.0 Å². The van der Waals surface area contributed by atoms with E-state index in [1.54, 1.807) is 28.8 Å². The summed E-state index contributed by atoms with van der Waals surface area (Å²) in [5, 5.41) is 0. The second kappa shape index (κ2) is 5.50. The van der Waals surface area contributed by atoms with Crippen molar-refractivity contribution in [2.75, 3.05) is 13.3 Å². The van der Waals surface area contributed by atoms with Crippen molar-refractivity contribution in [1.29, 1.82) is 0 Å². The van der Waals surface area contributed by atoms with Crippen LogP contribution in [0.25, 0.3) is 0 Å². The fraction of sp³-hybridized carbons (Fsp3) is 0.312. The molecule has 1 fully saturated rings. The number of aromatic nitrogens is 1. The average molecular weight is 332 g/mol. The molecule has 0 saturated carbocycles. The maximum atomic E-state index is 13.0. The number of nitrogens with zero attached hydrogens (tertiary/aromatic N) is 2. The fourth-order valence-electron chi connectivity index (χ4n) is 3.11. The van der Waals surface area contributed by atoms with Gasteiger partial charge in [0, 0.05) is 25.0 Å². The molecule has 23 heavy (non-hydrogen) atoms. The highest BCUT2D eigenvalue weighted by Gasteiger charge is 2.36. The van der Waals surface area contributed by atoms with Crippen LogP contribution < -0.4 is 9.47 Å². The number of benzene rings is 1. The average Bonchev–Trinajstić information content (AvgIpc) is 3.24. The zero-order valence-corrected chi connectivity index (χ0v) is 13.2. The van der Waals surface area contributed by atoms with Crippen LogP contribution in [-0.4, -0.2) is 31.0 Å². The molecule has 1 atom stereocenters. The van der Waals surface area contributed by atoms with E-state index in [1.807, 2.05) is 12.1 Å². The van der Waals surface area contributed by atoms with Crippen LogP contribution in [0.15, 0.2) is 47.6 Å². The summed E-state index contributed by atoms with van der Waals surface area (Å²) in [6.45, 7) is 0.636. The van der Waals surface area contributed by atoms with Crippen molar-refractivity contribution in [2.45, 2.75) is 23.8 Å². The number of hydrogen-bond acceptors (Lipinski definition) is 5. The molecule has 0 spiro atoms. The molecule has 120 valence electrons. The number of pyridine rings is 1. The van der Waals surface area contributed by atoms with Crippen LogP contribution in [0.2, 0.25) is 0 Å². The summed E-state index contributed by atoms with van der Waals surface area (Å²) >= 11 is 0. The minimum absolute atomic E-state index is 0.126. The van der Waals surface area contributed by atoms with E-state index >= 15 is 0 Å². The first-order chi connectivity index (χ1) is 11.2. The van der Waals surface area contributed by atoms with Gasteiger partial charge in [-0.15, -0.1) is 0 Å². The Hall–Kier alpha value is -2.12. The summed E-state index contributed by atoms with van der Waals surface area (Å²) in [5.74, 6) is 1.05. The van der Waals surface area contributed by atoms with E-state index in [2.05, 4.69) is 4.98 Å². The summed E-state index contributed by atoms with van der Waals surface area (Å²) in [7, 11) is -3.59. The Balaban J connectivity index is 1.70. The largest absolute Gasteiger partial charge is 0.454 e. The molecule has 0 aliphatic carbocycles. The van der Waals surface area contributed by atoms with Gasteiger partial charge >= 0.3 is 0 Å². The lowest BCUT2D eigenvalue weighted by molar-refractivity contribution is 0.174. The molecule has 2 aliphatic rings. The molecule has 4 rings (SSSR count). The number of rotatable bonds is 3. The first-order valence-electron chi connectivity index (χ1n) is 7.48. The second-order valence-electron chi connectivity index (χ2n) is 5.58. The molecular weight excluding hydrogens is 316 g/mol. The first-order valence-corrected chi connectivity index (χ1v) is 8.92. The minimum Gasteiger partial charge on any atom is -0.454 e. The van der Waals surface area contributed by atoms with E-state index in [4.69, 9.17) is 9.47 Å². The zero-order valence-electron chi connectivity index (χ0n) is 12.4. The van der Waals surface area contributed by atoms with Crippen LogP contribution in [0.5, 0.6) is 11.5 Å². The third-order valence-corrected chi connectivity index (χ3v) is 6.13. The van der Waals surface area contributed by atoms with E-state index in [9.17, 15) is 8.42 Å². The standard InChI is InChI=1S/C16H16N2O4S/c19-23(20,13-5-6-15-16(9-13)22-11-21-15)18-8-2-4-14(18)12-3-1-7-17-10-12/h1,3,5-7,9-10,14H,2,4,8,11H2/t14-/m0/s1. The van der Waals surface area contributed by atoms with Gasteiger partial charge < -0.3 is 9.47 Å². The van der Waals surface area contributed by atoms with Crippen LogP contribution in [0, 0.1) is 0 Å². The summed E-state index contributed by atoms with van der Waals surface area (Å²) < 4.78 is 38.1. The van der Waals surface area contributed by atoms with Crippen molar-refractivity contribution in [3.63, 3.8) is 0 Å². The summed E-state index contributed by atoms with van der Waals surface area (Å²) in [6, 6.07) is 8.34. The van der Waals surface area contributed by atoms with Crippen LogP contribution in [0.3, 0.4) is 0 Å². The lowest BCUT2D eigenvalue weighted by Crippen LogP contribution is -2.30. The normalized spacial score (nSPS) is 20.8. The van der Waals surface area contributed by atoms with Gasteiger partial charge in [0.1, 0.15) is 0 Å². The third-order valence-electron chi connectivity index (χ3n) is 4.22. The van der Waals surface area contributed by atoms with Crippen LogP contribution in [0.1, 0.15) is 24.4 Å². The van der Waals surface area contributed by atoms with Crippen molar-refractivity contribution in [3.8, 4) is 11.5 Å². The molecule has 0 bridgehead atoms. The van der Waals surface area contributed by atoms with Gasteiger partial charge in [-0.2, -0.15) is 4.31 Å². The Bertz CT molecular complexity index is 823. The highest BCUT2D eigenvalue weighted by atomic mass is 32.2. The van der Waals surface area contributed by atoms with Crippen molar-refractivity contribution in [3.05, 3.63) is 48.3 Å². The molecule has 6 nitrogen and oxygen atoms in total. The molecule has 0 N–H and O–H groups in total. The number of hydrogen-bond donors (Lipinski definition) is 0. The molecule has 0 amide bonds. The Kier molecular flexibility index (Phi) is 3.46. The van der Waals surface area contributed by atoms with E-state index in [1.165, 1.54) is 6.07 Å². The molecule has 7 heteroatoms. The van der Waals surface area contributed by atoms with E-state index in [-0.39, 0.29) is 17.7 Å². The zero-order chi connectivity index (χ0) is 15.9. The summed E-state index contributed by atoms with van der Waals surface area (Å²) in [4.78, 5) is 4.34. The fourth-order valence-corrected chi connectivity index (χ4v) is 4.81. The highest BCUT2D eigenvalue weighted by Crippen LogP contribution is 2.39. The van der Waals surface area contributed by atoms with Gasteiger partial charge in [-0.3, -0.25) is 4.98 Å². The lowest BCUT2D eigenvalue weighted by atomic mass is 10.1. The van der Waals surface area contributed by atoms with E-state index < -0.39 is 10.0 Å². The summed E-state index contributed by atoms with van der Waals surface area (Å²) in [6.07, 6.45) is 5.06. The minimum atomic E-state index is -3.59. The Morgan fingerprint density at radius 1 is 1.17 bits per heavy atom. The third kappa shape index (κ3) is 2.46. The molecule has 3 heterocycles. The van der Waals surface area contributed by atoms with Gasteiger partial charge in [-0.1, -0.05) is 6.07 Å². The summed E-state index contributed by atoms with van der Waals surface area (Å²) in [5.41, 5.74) is 0.925. The molecule has 1 saturated heterocycles. The number of ether oxygens (including phenoxy) is 2. The highest BCUT2D eigenvalue weighted by molar-refractivity contribution is 7.89. The SMILES string of the molecule is O=S(=O)(c1ccc2c(c1)OCO2)N1CCC[C@H]1c1cccnc1. The lowest BCUT2D eigenvalue weighted by Gasteiger charge is -2.24. The molecular formula is C16H16N2O4S. The predicted octanol–water partition coefficient (Wildman–Crippen LogP) is 2.34. The van der Waals surface area contributed by atoms with Crippen LogP contribution >= 0.6 is 0 Å². The number of sulfonamides is 1. The second-order valence-corrected chi connectivity index (χ2v) is 7.47. The molecule has 1 aromatic heterocycles. The van der Waals surface area contributed by atoms with Crippen LogP contribution in [0.4, 0.5) is 0 Å². The van der Waals surface area contributed by atoms with Crippen LogP contribution in [-0.2, 0) is 10.0 Å². The Morgan fingerprint density at radius 2 is 2.04 bits per heavy atom. The van der Waals surface area contributed by atoms with Crippen molar-refractivity contribution >= 4 is 10.0 Å². The molecule has 2 aliphatic heterocycles. The maximum absolute atomic E-state index is 13.0. The Labute approximate surface area is 134 Å². The van der Waals surface area contributed by atoms with Gasteiger partial charge in [-0.05, 0) is 36.6 Å². The van der Waals surface area contributed by atoms with Gasteiger partial charge in [0.05, 0.1) is 10.9 Å². The van der Waals surface area contributed by atoms with Gasteiger partial charge in [-0.25, -0.2) is 8.42 Å². The first kappa shape index (κ1) is 14.5. The number of fused-ring (bicyclic) bond motifs is 1. The quantitative estimate of drug-likeness (QED) is 0.863. The van der Waals surface area contributed by atoms with Crippen molar-refractivity contribution in [1.82, 2.24) is 9.29 Å². The van der Waals surface area contributed by atoms with Gasteiger partial charge in [0.15, 0.2) is 11.5 Å². The molecule has 0 unspecified atom stereocenters. The predicted molar refractivity (Wildman–Crippen MR) is 82.7 cm³/mol. The Morgan fingerprint density at radius 3 is 2.87 bits per heavy atom. The van der Waals surface area contributed by atoms with Crippen molar-refractivity contribution < 1.29 is 17.9 Å². The maximum Gasteiger partial charge on any atom is 0.243 e. The molecule has 0 radical (unpaired) electrons. The van der Waals surface area contributed by atoms with Gasteiger partial charge in [0.2, 0.25) is 16.8 Å². The monoisotopic (exact) mass is 332 g/mol.